The van der Waals surface area contributed by atoms with Gasteiger partial charge in [-0.2, -0.15) is 0 Å². The molecule has 2 aromatic rings. The van der Waals surface area contributed by atoms with Crippen molar-refractivity contribution in [2.24, 2.45) is 0 Å². The van der Waals surface area contributed by atoms with Crippen LogP contribution in [-0.2, 0) is 11.3 Å². The molecule has 0 fully saturated rings. The summed E-state index contributed by atoms with van der Waals surface area (Å²) in [7, 11) is 0. The summed E-state index contributed by atoms with van der Waals surface area (Å²) in [6.45, 7) is 6.32. The van der Waals surface area contributed by atoms with Crippen molar-refractivity contribution in [1.82, 2.24) is 5.32 Å². The Kier molecular flexibility index (Phi) is 9.65. The molecule has 160 valence electrons. The molecule has 0 aliphatic carbocycles. The summed E-state index contributed by atoms with van der Waals surface area (Å²) in [4.78, 5) is 24.4. The van der Waals surface area contributed by atoms with E-state index in [0.29, 0.717) is 23.5 Å². The van der Waals surface area contributed by atoms with Crippen molar-refractivity contribution in [3.63, 3.8) is 0 Å². The SMILES string of the molecule is C=CC(=O)NCc1cc(C(=O)c2ccccc2)c(O)cc1OCCCCCCCC. The molecular weight excluding hydrogens is 378 g/mol. The van der Waals surface area contributed by atoms with E-state index < -0.39 is 0 Å². The summed E-state index contributed by atoms with van der Waals surface area (Å²) < 4.78 is 5.88. The average Bonchev–Trinajstić information content (AvgIpc) is 2.77. The molecule has 5 heteroatoms. The molecule has 0 saturated carbocycles. The zero-order valence-electron chi connectivity index (χ0n) is 17.7. The van der Waals surface area contributed by atoms with Crippen LogP contribution in [0.4, 0.5) is 0 Å². The minimum absolute atomic E-state index is 0.138. The first-order valence-electron chi connectivity index (χ1n) is 10.6. The van der Waals surface area contributed by atoms with Crippen LogP contribution in [-0.4, -0.2) is 23.4 Å². The number of benzene rings is 2. The van der Waals surface area contributed by atoms with Gasteiger partial charge >= 0.3 is 0 Å². The Morgan fingerprint density at radius 1 is 1.07 bits per heavy atom. The minimum atomic E-state index is -0.319. The number of aromatic hydroxyl groups is 1. The van der Waals surface area contributed by atoms with Gasteiger partial charge in [-0.05, 0) is 18.6 Å². The summed E-state index contributed by atoms with van der Waals surface area (Å²) >= 11 is 0. The Labute approximate surface area is 178 Å². The first-order valence-corrected chi connectivity index (χ1v) is 10.6. The maximum atomic E-state index is 12.8. The van der Waals surface area contributed by atoms with Crippen molar-refractivity contribution in [3.8, 4) is 11.5 Å². The molecular formula is C25H31NO4. The minimum Gasteiger partial charge on any atom is -0.507 e. The number of hydrogen-bond acceptors (Lipinski definition) is 4. The van der Waals surface area contributed by atoms with E-state index >= 15 is 0 Å². The number of rotatable bonds is 13. The van der Waals surface area contributed by atoms with Crippen LogP contribution in [0.3, 0.4) is 0 Å². The highest BCUT2D eigenvalue weighted by Crippen LogP contribution is 2.30. The zero-order chi connectivity index (χ0) is 21.8. The molecule has 0 atom stereocenters. The van der Waals surface area contributed by atoms with Gasteiger partial charge in [-0.15, -0.1) is 0 Å². The molecule has 0 aromatic heterocycles. The summed E-state index contributed by atoms with van der Waals surface area (Å²) in [6.07, 6.45) is 8.05. The smallest absolute Gasteiger partial charge is 0.243 e. The van der Waals surface area contributed by atoms with Crippen molar-refractivity contribution in [2.45, 2.75) is 52.0 Å². The van der Waals surface area contributed by atoms with E-state index in [1.165, 1.54) is 37.8 Å². The molecule has 5 nitrogen and oxygen atoms in total. The predicted molar refractivity (Wildman–Crippen MR) is 119 cm³/mol. The van der Waals surface area contributed by atoms with E-state index in [1.807, 2.05) is 6.07 Å². The van der Waals surface area contributed by atoms with Gasteiger partial charge in [0.1, 0.15) is 11.5 Å². The van der Waals surface area contributed by atoms with Crippen LogP contribution in [0.1, 0.15) is 66.9 Å². The van der Waals surface area contributed by atoms with Gasteiger partial charge in [-0.1, -0.05) is 75.9 Å². The molecule has 0 bridgehead atoms. The highest BCUT2D eigenvalue weighted by Gasteiger charge is 2.18. The Morgan fingerprint density at radius 3 is 2.47 bits per heavy atom. The van der Waals surface area contributed by atoms with Gasteiger partial charge in [0, 0.05) is 23.7 Å². The highest BCUT2D eigenvalue weighted by atomic mass is 16.5. The maximum absolute atomic E-state index is 12.8. The fraction of sp³-hybridized carbons (Fsp3) is 0.360. The number of nitrogens with one attached hydrogen (secondary N) is 1. The van der Waals surface area contributed by atoms with Crippen LogP contribution in [0.15, 0.2) is 55.1 Å². The molecule has 0 aliphatic rings. The van der Waals surface area contributed by atoms with Gasteiger partial charge < -0.3 is 15.2 Å². The second kappa shape index (κ2) is 12.5. The van der Waals surface area contributed by atoms with Gasteiger partial charge in [0.25, 0.3) is 0 Å². The van der Waals surface area contributed by atoms with Crippen LogP contribution in [0.5, 0.6) is 11.5 Å². The van der Waals surface area contributed by atoms with Crippen molar-refractivity contribution in [2.75, 3.05) is 6.61 Å². The fourth-order valence-electron chi connectivity index (χ4n) is 3.13. The normalized spacial score (nSPS) is 10.4. The Bertz CT molecular complexity index is 846. The van der Waals surface area contributed by atoms with Crippen molar-refractivity contribution in [1.29, 1.82) is 0 Å². The van der Waals surface area contributed by atoms with Crippen LogP contribution in [0.2, 0.25) is 0 Å². The predicted octanol–water partition coefficient (Wildman–Crippen LogP) is 5.16. The summed E-state index contributed by atoms with van der Waals surface area (Å²) in [5.41, 5.74) is 1.29. The fourth-order valence-corrected chi connectivity index (χ4v) is 3.13. The molecule has 1 amide bonds. The van der Waals surface area contributed by atoms with Crippen LogP contribution in [0, 0.1) is 0 Å². The lowest BCUT2D eigenvalue weighted by molar-refractivity contribution is -0.116. The standard InChI is InChI=1S/C25H31NO4/c1-3-5-6-7-8-12-15-30-23-17-22(27)21(16-20(23)18-26-24(28)4-2)25(29)19-13-10-9-11-14-19/h4,9-11,13-14,16-17,27H,2-3,5-8,12,15,18H2,1H3,(H,26,28). The Hall–Kier alpha value is -3.08. The van der Waals surface area contributed by atoms with E-state index in [2.05, 4.69) is 18.8 Å². The van der Waals surface area contributed by atoms with E-state index in [0.717, 1.165) is 12.8 Å². The first-order chi connectivity index (χ1) is 14.6. The topological polar surface area (TPSA) is 75.6 Å². The molecule has 0 aliphatic heterocycles. The third kappa shape index (κ3) is 7.07. The lowest BCUT2D eigenvalue weighted by Crippen LogP contribution is -2.21. The number of amides is 1. The first kappa shape index (κ1) is 23.2. The second-order valence-corrected chi connectivity index (χ2v) is 7.21. The van der Waals surface area contributed by atoms with Gasteiger partial charge in [-0.3, -0.25) is 9.59 Å². The molecule has 0 unspecified atom stereocenters. The third-order valence-corrected chi connectivity index (χ3v) is 4.85. The van der Waals surface area contributed by atoms with Gasteiger partial charge in [0.2, 0.25) is 5.91 Å². The van der Waals surface area contributed by atoms with E-state index in [-0.39, 0.29) is 29.5 Å². The number of carbonyl (C=O) groups is 2. The zero-order valence-corrected chi connectivity index (χ0v) is 17.7. The van der Waals surface area contributed by atoms with Crippen LogP contribution in [0.25, 0.3) is 0 Å². The molecule has 2 aromatic carbocycles. The van der Waals surface area contributed by atoms with Gasteiger partial charge in [0.15, 0.2) is 5.78 Å². The largest absolute Gasteiger partial charge is 0.507 e. The van der Waals surface area contributed by atoms with Crippen molar-refractivity contribution in [3.05, 3.63) is 71.8 Å². The van der Waals surface area contributed by atoms with Crippen LogP contribution < -0.4 is 10.1 Å². The van der Waals surface area contributed by atoms with Crippen LogP contribution >= 0.6 is 0 Å². The Morgan fingerprint density at radius 2 is 1.77 bits per heavy atom. The number of ether oxygens (including phenoxy) is 1. The maximum Gasteiger partial charge on any atom is 0.243 e. The van der Waals surface area contributed by atoms with Crippen molar-refractivity contribution < 1.29 is 19.4 Å². The van der Waals surface area contributed by atoms with Gasteiger partial charge in [0.05, 0.1) is 12.2 Å². The second-order valence-electron chi connectivity index (χ2n) is 7.21. The van der Waals surface area contributed by atoms with Gasteiger partial charge in [-0.25, -0.2) is 0 Å². The molecule has 2 N–H and O–H groups in total. The van der Waals surface area contributed by atoms with E-state index in [9.17, 15) is 14.7 Å². The summed E-state index contributed by atoms with van der Waals surface area (Å²) in [6, 6.07) is 11.8. The number of ketones is 1. The third-order valence-electron chi connectivity index (χ3n) is 4.85. The number of phenolic OH excluding ortho intramolecular Hbond substituents is 1. The Balaban J connectivity index is 2.14. The number of phenols is 1. The number of hydrogen-bond donors (Lipinski definition) is 2. The summed E-state index contributed by atoms with van der Waals surface area (Å²) in [5.74, 6) is -0.275. The molecule has 0 spiro atoms. The molecule has 0 heterocycles. The lowest BCUT2D eigenvalue weighted by Gasteiger charge is -2.15. The quantitative estimate of drug-likeness (QED) is 0.272. The highest BCUT2D eigenvalue weighted by molar-refractivity contribution is 6.10. The molecule has 30 heavy (non-hydrogen) atoms. The monoisotopic (exact) mass is 409 g/mol. The summed E-state index contributed by atoms with van der Waals surface area (Å²) in [5, 5.41) is 13.2. The van der Waals surface area contributed by atoms with E-state index in [1.54, 1.807) is 30.3 Å². The molecule has 2 rings (SSSR count). The number of unbranched alkanes of at least 4 members (excludes halogenated alkanes) is 5. The lowest BCUT2D eigenvalue weighted by atomic mass is 9.99. The average molecular weight is 410 g/mol. The molecule has 0 saturated heterocycles. The van der Waals surface area contributed by atoms with Crippen molar-refractivity contribution >= 4 is 11.7 Å². The molecule has 0 radical (unpaired) electrons. The van der Waals surface area contributed by atoms with E-state index in [4.69, 9.17) is 4.74 Å². The number of carbonyl (C=O) groups excluding carboxylic acids is 2.